The number of nitrogens with one attached hydrogen (secondary N) is 2. The maximum absolute atomic E-state index is 4.65. The van der Waals surface area contributed by atoms with Crippen molar-refractivity contribution in [1.82, 2.24) is 30.0 Å². The molecule has 0 aliphatic carbocycles. The molecule has 0 spiro atoms. The van der Waals surface area contributed by atoms with Crippen LogP contribution in [-0.2, 0) is 6.54 Å². The number of hydrogen-bond donors (Lipinski definition) is 2. The SMILES string of the molecule is Cc1nc(Nc2nccnc2C2CCN(Cc3ccn[nH]3)CC2)sc1C. The second-order valence-corrected chi connectivity index (χ2v) is 7.91. The van der Waals surface area contributed by atoms with Crippen LogP contribution >= 0.6 is 11.3 Å². The van der Waals surface area contributed by atoms with Crippen LogP contribution < -0.4 is 5.32 Å². The maximum atomic E-state index is 4.65. The lowest BCUT2D eigenvalue weighted by atomic mass is 9.93. The van der Waals surface area contributed by atoms with E-state index in [1.807, 2.05) is 19.2 Å². The summed E-state index contributed by atoms with van der Waals surface area (Å²) in [5, 5.41) is 11.3. The van der Waals surface area contributed by atoms with Gasteiger partial charge in [-0.05, 0) is 45.8 Å². The number of hydrogen-bond acceptors (Lipinski definition) is 7. The molecule has 3 aromatic heterocycles. The van der Waals surface area contributed by atoms with Gasteiger partial charge in [0.1, 0.15) is 0 Å². The minimum absolute atomic E-state index is 0.423. The summed E-state index contributed by atoms with van der Waals surface area (Å²) in [6, 6.07) is 2.04. The number of aryl methyl sites for hydroxylation is 2. The summed E-state index contributed by atoms with van der Waals surface area (Å²) < 4.78 is 0. The van der Waals surface area contributed by atoms with E-state index in [2.05, 4.69) is 42.3 Å². The van der Waals surface area contributed by atoms with Crippen molar-refractivity contribution in [3.8, 4) is 0 Å². The summed E-state index contributed by atoms with van der Waals surface area (Å²) in [4.78, 5) is 17.4. The second kappa shape index (κ2) is 7.51. The molecular formula is C18H23N7S. The zero-order chi connectivity index (χ0) is 17.9. The van der Waals surface area contributed by atoms with Gasteiger partial charge in [0.25, 0.3) is 0 Å². The summed E-state index contributed by atoms with van der Waals surface area (Å²) >= 11 is 1.66. The van der Waals surface area contributed by atoms with E-state index in [1.54, 1.807) is 23.7 Å². The number of aromatic amines is 1. The van der Waals surface area contributed by atoms with E-state index in [4.69, 9.17) is 0 Å². The van der Waals surface area contributed by atoms with Crippen LogP contribution in [0.4, 0.5) is 10.9 Å². The minimum Gasteiger partial charge on any atom is -0.315 e. The summed E-state index contributed by atoms with van der Waals surface area (Å²) in [6.45, 7) is 7.15. The number of anilines is 2. The molecule has 136 valence electrons. The third-order valence-electron chi connectivity index (χ3n) is 4.91. The van der Waals surface area contributed by atoms with Gasteiger partial charge >= 0.3 is 0 Å². The Morgan fingerprint density at radius 2 is 2.00 bits per heavy atom. The monoisotopic (exact) mass is 369 g/mol. The number of nitrogens with zero attached hydrogens (tertiary/aromatic N) is 5. The highest BCUT2D eigenvalue weighted by Crippen LogP contribution is 2.33. The molecule has 0 saturated carbocycles. The highest BCUT2D eigenvalue weighted by Gasteiger charge is 2.25. The molecule has 4 heterocycles. The lowest BCUT2D eigenvalue weighted by Crippen LogP contribution is -2.33. The van der Waals surface area contributed by atoms with Gasteiger partial charge in [0, 0.05) is 41.6 Å². The van der Waals surface area contributed by atoms with Crippen molar-refractivity contribution in [2.75, 3.05) is 18.4 Å². The molecule has 0 atom stereocenters. The van der Waals surface area contributed by atoms with Crippen molar-refractivity contribution in [1.29, 1.82) is 0 Å². The zero-order valence-electron chi connectivity index (χ0n) is 15.1. The number of aromatic nitrogens is 5. The molecule has 4 rings (SSSR count). The number of H-pyrrole nitrogens is 1. The van der Waals surface area contributed by atoms with Gasteiger partial charge in [-0.2, -0.15) is 5.10 Å². The Labute approximate surface area is 156 Å². The lowest BCUT2D eigenvalue weighted by molar-refractivity contribution is 0.201. The Balaban J connectivity index is 1.43. The van der Waals surface area contributed by atoms with Gasteiger partial charge in [-0.25, -0.2) is 9.97 Å². The third kappa shape index (κ3) is 3.76. The van der Waals surface area contributed by atoms with Crippen LogP contribution in [0.15, 0.2) is 24.7 Å². The summed E-state index contributed by atoms with van der Waals surface area (Å²) in [5.41, 5.74) is 3.29. The normalized spacial score (nSPS) is 16.1. The zero-order valence-corrected chi connectivity index (χ0v) is 15.9. The van der Waals surface area contributed by atoms with E-state index in [-0.39, 0.29) is 0 Å². The molecule has 0 unspecified atom stereocenters. The van der Waals surface area contributed by atoms with E-state index in [1.165, 1.54) is 10.6 Å². The molecule has 2 N–H and O–H groups in total. The Kier molecular flexibility index (Phi) is 4.94. The van der Waals surface area contributed by atoms with Crippen molar-refractivity contribution < 1.29 is 0 Å². The van der Waals surface area contributed by atoms with Gasteiger partial charge in [-0.15, -0.1) is 11.3 Å². The van der Waals surface area contributed by atoms with Crippen molar-refractivity contribution in [2.24, 2.45) is 0 Å². The molecule has 0 bridgehead atoms. The lowest BCUT2D eigenvalue weighted by Gasteiger charge is -2.31. The van der Waals surface area contributed by atoms with Crippen LogP contribution in [0.1, 0.15) is 40.7 Å². The Bertz CT molecular complexity index is 831. The first-order valence-corrected chi connectivity index (χ1v) is 9.73. The average molecular weight is 369 g/mol. The van der Waals surface area contributed by atoms with Gasteiger partial charge in [0.2, 0.25) is 0 Å². The van der Waals surface area contributed by atoms with E-state index in [0.717, 1.165) is 54.8 Å². The Hall–Kier alpha value is -2.32. The largest absolute Gasteiger partial charge is 0.315 e. The van der Waals surface area contributed by atoms with Gasteiger partial charge in [-0.1, -0.05) is 0 Å². The fourth-order valence-corrected chi connectivity index (χ4v) is 4.16. The van der Waals surface area contributed by atoms with Crippen LogP contribution in [0.5, 0.6) is 0 Å². The van der Waals surface area contributed by atoms with Crippen LogP contribution in [-0.4, -0.2) is 43.1 Å². The first kappa shape index (κ1) is 17.1. The minimum atomic E-state index is 0.423. The standard InChI is InChI=1S/C18H23N7S/c1-12-13(2)26-18(22-12)23-17-16(19-7-8-20-17)14-4-9-25(10-5-14)11-15-3-6-21-24-15/h3,6-8,14H,4-5,9-11H2,1-2H3,(H,21,24)(H,20,22,23). The first-order valence-electron chi connectivity index (χ1n) is 8.91. The van der Waals surface area contributed by atoms with E-state index in [0.29, 0.717) is 5.92 Å². The third-order valence-corrected chi connectivity index (χ3v) is 5.90. The topological polar surface area (TPSA) is 82.6 Å². The van der Waals surface area contributed by atoms with Crippen LogP contribution in [0.3, 0.4) is 0 Å². The molecule has 1 saturated heterocycles. The molecule has 1 aliphatic rings. The van der Waals surface area contributed by atoms with Crippen molar-refractivity contribution >= 4 is 22.3 Å². The highest BCUT2D eigenvalue weighted by atomic mass is 32.1. The molecular weight excluding hydrogens is 346 g/mol. The van der Waals surface area contributed by atoms with E-state index >= 15 is 0 Å². The molecule has 7 nitrogen and oxygen atoms in total. The molecule has 1 fully saturated rings. The van der Waals surface area contributed by atoms with Crippen molar-refractivity contribution in [3.63, 3.8) is 0 Å². The van der Waals surface area contributed by atoms with Crippen molar-refractivity contribution in [2.45, 2.75) is 39.2 Å². The second-order valence-electron chi connectivity index (χ2n) is 6.71. The van der Waals surface area contributed by atoms with Gasteiger partial charge in [-0.3, -0.25) is 15.0 Å². The van der Waals surface area contributed by atoms with Crippen LogP contribution in [0, 0.1) is 13.8 Å². The van der Waals surface area contributed by atoms with E-state index < -0.39 is 0 Å². The van der Waals surface area contributed by atoms with Gasteiger partial charge in [0.15, 0.2) is 10.9 Å². The smallest absolute Gasteiger partial charge is 0.188 e. The molecule has 8 heteroatoms. The Morgan fingerprint density at radius 3 is 2.69 bits per heavy atom. The number of thiazole rings is 1. The molecule has 0 amide bonds. The summed E-state index contributed by atoms with van der Waals surface area (Å²) in [6.07, 6.45) is 7.50. The molecule has 0 radical (unpaired) electrons. The quantitative estimate of drug-likeness (QED) is 0.717. The fourth-order valence-electron chi connectivity index (χ4n) is 3.35. The van der Waals surface area contributed by atoms with Crippen molar-refractivity contribution in [3.05, 3.63) is 46.6 Å². The average Bonchev–Trinajstić information content (AvgIpc) is 3.26. The predicted octanol–water partition coefficient (Wildman–Crippen LogP) is 3.40. The fraction of sp³-hybridized carbons (Fsp3) is 0.444. The summed E-state index contributed by atoms with van der Waals surface area (Å²) in [5.74, 6) is 1.26. The predicted molar refractivity (Wildman–Crippen MR) is 103 cm³/mol. The maximum Gasteiger partial charge on any atom is 0.188 e. The van der Waals surface area contributed by atoms with Gasteiger partial charge < -0.3 is 5.32 Å². The van der Waals surface area contributed by atoms with Crippen LogP contribution in [0.25, 0.3) is 0 Å². The summed E-state index contributed by atoms with van der Waals surface area (Å²) in [7, 11) is 0. The number of likely N-dealkylation sites (tertiary alicyclic amines) is 1. The number of piperidine rings is 1. The first-order chi connectivity index (χ1) is 12.7. The van der Waals surface area contributed by atoms with Crippen LogP contribution in [0.2, 0.25) is 0 Å². The molecule has 26 heavy (non-hydrogen) atoms. The number of rotatable bonds is 5. The Morgan fingerprint density at radius 1 is 1.19 bits per heavy atom. The highest BCUT2D eigenvalue weighted by molar-refractivity contribution is 7.15. The van der Waals surface area contributed by atoms with E-state index in [9.17, 15) is 0 Å². The molecule has 3 aromatic rings. The van der Waals surface area contributed by atoms with Gasteiger partial charge in [0.05, 0.1) is 11.4 Å². The molecule has 1 aliphatic heterocycles. The molecule has 0 aromatic carbocycles.